The molecule has 0 aromatic heterocycles. The Morgan fingerprint density at radius 1 is 0.486 bits per heavy atom. The second kappa shape index (κ2) is 51.3. The Bertz CT molecular complexity index is 1490. The molecule has 1 heterocycles. The summed E-state index contributed by atoms with van der Waals surface area (Å²) >= 11 is 0. The number of unbranched alkanes of at least 4 members (excludes halogenated alkanes) is 22. The first kappa shape index (κ1) is 66.9. The van der Waals surface area contributed by atoms with Crippen molar-refractivity contribution in [3.63, 3.8) is 0 Å². The normalized spacial score (nSPS) is 20.0. The Kier molecular flexibility index (Phi) is 47.7. The van der Waals surface area contributed by atoms with E-state index in [1.807, 2.05) is 6.08 Å². The maximum absolute atomic E-state index is 13.1. The zero-order chi connectivity index (χ0) is 52.2. The van der Waals surface area contributed by atoms with Crippen molar-refractivity contribution in [1.82, 2.24) is 5.32 Å². The summed E-state index contributed by atoms with van der Waals surface area (Å²) in [5.74, 6) is -0.205. The van der Waals surface area contributed by atoms with E-state index in [1.165, 1.54) is 103 Å². The highest BCUT2D eigenvalue weighted by molar-refractivity contribution is 5.76. The number of carbonyl (C=O) groups is 1. The molecule has 1 fully saturated rings. The minimum atomic E-state index is -1.58. The van der Waals surface area contributed by atoms with Crippen LogP contribution in [0.15, 0.2) is 109 Å². The number of rotatable bonds is 48. The molecular weight excluding hydrogens is 899 g/mol. The predicted octanol–water partition coefficient (Wildman–Crippen LogP) is 14.6. The summed E-state index contributed by atoms with van der Waals surface area (Å²) in [5, 5.41) is 54.5. The Hall–Kier alpha value is -3.15. The molecule has 1 amide bonds. The molecule has 7 atom stereocenters. The monoisotopic (exact) mass is 1010 g/mol. The molecule has 7 unspecified atom stereocenters. The van der Waals surface area contributed by atoms with Crippen LogP contribution >= 0.6 is 0 Å². The zero-order valence-electron chi connectivity index (χ0n) is 45.6. The van der Waals surface area contributed by atoms with Gasteiger partial charge in [-0.15, -0.1) is 0 Å². The van der Waals surface area contributed by atoms with Gasteiger partial charge < -0.3 is 40.3 Å². The van der Waals surface area contributed by atoms with Gasteiger partial charge >= 0.3 is 0 Å². The SMILES string of the molecule is CC/C=C\C/C=C\C/C=C\C/C=C\C/C=C\C/C=C\C/C=C\C/C=C\CCCCCCC(=O)NC(COC1OC(CO)C(O)C(O)C1O)C(O)/C=C/CCCCCCCCCCCCCCCCCCCC. The number of aliphatic hydroxyl groups is 5. The minimum absolute atomic E-state index is 0.205. The molecule has 72 heavy (non-hydrogen) atoms. The highest BCUT2D eigenvalue weighted by Crippen LogP contribution is 2.23. The fourth-order valence-electron chi connectivity index (χ4n) is 8.52. The molecule has 9 heteroatoms. The van der Waals surface area contributed by atoms with Crippen molar-refractivity contribution in [2.75, 3.05) is 13.2 Å². The summed E-state index contributed by atoms with van der Waals surface area (Å²) in [6, 6.07) is -0.828. The molecule has 0 saturated carbocycles. The van der Waals surface area contributed by atoms with Gasteiger partial charge in [-0.3, -0.25) is 4.79 Å². The smallest absolute Gasteiger partial charge is 0.220 e. The second-order valence-corrected chi connectivity index (χ2v) is 19.7. The lowest BCUT2D eigenvalue weighted by atomic mass is 9.99. The van der Waals surface area contributed by atoms with E-state index < -0.39 is 49.5 Å². The first-order chi connectivity index (χ1) is 35.3. The highest BCUT2D eigenvalue weighted by atomic mass is 16.7. The molecule has 412 valence electrons. The van der Waals surface area contributed by atoms with E-state index >= 15 is 0 Å². The Morgan fingerprint density at radius 3 is 1.28 bits per heavy atom. The van der Waals surface area contributed by atoms with Crippen molar-refractivity contribution in [2.45, 2.75) is 269 Å². The lowest BCUT2D eigenvalue weighted by Crippen LogP contribution is -2.60. The molecule has 0 aromatic carbocycles. The van der Waals surface area contributed by atoms with E-state index in [0.717, 1.165) is 103 Å². The third kappa shape index (κ3) is 40.3. The molecule has 1 aliphatic heterocycles. The third-order valence-electron chi connectivity index (χ3n) is 13.1. The van der Waals surface area contributed by atoms with Crippen LogP contribution in [0, 0.1) is 0 Å². The van der Waals surface area contributed by atoms with Crippen molar-refractivity contribution < 1.29 is 39.8 Å². The number of amides is 1. The number of nitrogens with one attached hydrogen (secondary N) is 1. The van der Waals surface area contributed by atoms with E-state index in [4.69, 9.17) is 9.47 Å². The summed E-state index contributed by atoms with van der Waals surface area (Å²) < 4.78 is 11.3. The van der Waals surface area contributed by atoms with Gasteiger partial charge in [-0.05, 0) is 83.5 Å². The van der Waals surface area contributed by atoms with Crippen molar-refractivity contribution in [3.8, 4) is 0 Å². The largest absolute Gasteiger partial charge is 0.394 e. The molecule has 0 spiro atoms. The number of hydrogen-bond donors (Lipinski definition) is 6. The van der Waals surface area contributed by atoms with Crippen LogP contribution in [0.25, 0.3) is 0 Å². The summed E-state index contributed by atoms with van der Waals surface area (Å²) in [6.07, 6.45) is 68.5. The van der Waals surface area contributed by atoms with Crippen LogP contribution in [-0.4, -0.2) is 87.5 Å². The van der Waals surface area contributed by atoms with Crippen LogP contribution in [0.5, 0.6) is 0 Å². The summed E-state index contributed by atoms with van der Waals surface area (Å²) in [7, 11) is 0. The molecule has 1 aliphatic rings. The van der Waals surface area contributed by atoms with Crippen LogP contribution in [0.2, 0.25) is 0 Å². The number of hydrogen-bond acceptors (Lipinski definition) is 8. The number of allylic oxidation sites excluding steroid dienone is 17. The number of carbonyl (C=O) groups excluding carboxylic acids is 1. The zero-order valence-corrected chi connectivity index (χ0v) is 45.6. The Balaban J connectivity index is 2.28. The molecule has 9 nitrogen and oxygen atoms in total. The van der Waals surface area contributed by atoms with Crippen LogP contribution in [0.1, 0.15) is 226 Å². The molecule has 0 aromatic rings. The van der Waals surface area contributed by atoms with Gasteiger partial charge in [0, 0.05) is 6.42 Å². The average Bonchev–Trinajstić information content (AvgIpc) is 3.38. The number of aliphatic hydroxyl groups excluding tert-OH is 5. The maximum Gasteiger partial charge on any atom is 0.220 e. The van der Waals surface area contributed by atoms with E-state index in [0.29, 0.717) is 6.42 Å². The van der Waals surface area contributed by atoms with Crippen molar-refractivity contribution >= 4 is 5.91 Å². The fourth-order valence-corrected chi connectivity index (χ4v) is 8.52. The van der Waals surface area contributed by atoms with Gasteiger partial charge in [0.05, 0.1) is 25.4 Å². The van der Waals surface area contributed by atoms with E-state index in [9.17, 15) is 30.3 Å². The first-order valence-electron chi connectivity index (χ1n) is 29.1. The molecule has 0 bridgehead atoms. The predicted molar refractivity (Wildman–Crippen MR) is 304 cm³/mol. The Morgan fingerprint density at radius 2 is 0.861 bits per heavy atom. The molecule has 1 saturated heterocycles. The van der Waals surface area contributed by atoms with Gasteiger partial charge in [-0.1, -0.05) is 245 Å². The first-order valence-corrected chi connectivity index (χ1v) is 29.1. The van der Waals surface area contributed by atoms with Gasteiger partial charge in [-0.2, -0.15) is 0 Å². The maximum atomic E-state index is 13.1. The lowest BCUT2D eigenvalue weighted by Gasteiger charge is -2.40. The van der Waals surface area contributed by atoms with E-state index in [1.54, 1.807) is 6.08 Å². The molecule has 6 N–H and O–H groups in total. The third-order valence-corrected chi connectivity index (χ3v) is 13.1. The van der Waals surface area contributed by atoms with Crippen LogP contribution in [-0.2, 0) is 14.3 Å². The molecular formula is C63H107NO8. The summed E-state index contributed by atoms with van der Waals surface area (Å²) in [5.41, 5.74) is 0. The second-order valence-electron chi connectivity index (χ2n) is 19.7. The molecule has 1 rings (SSSR count). The van der Waals surface area contributed by atoms with Gasteiger partial charge in [0.2, 0.25) is 5.91 Å². The summed E-state index contributed by atoms with van der Waals surface area (Å²) in [6.45, 7) is 3.65. The van der Waals surface area contributed by atoms with Crippen molar-refractivity contribution in [3.05, 3.63) is 109 Å². The van der Waals surface area contributed by atoms with E-state index in [-0.39, 0.29) is 12.5 Å². The molecule has 0 radical (unpaired) electrons. The van der Waals surface area contributed by atoms with Crippen molar-refractivity contribution in [1.29, 1.82) is 0 Å². The quantitative estimate of drug-likeness (QED) is 0.0261. The topological polar surface area (TPSA) is 149 Å². The standard InChI is InChI=1S/C63H107NO8/c1-3-5-7-9-11-13-15-17-19-21-23-25-26-27-28-29-30-31-32-33-35-37-39-41-43-45-47-49-51-53-59(67)64-56(55-71-63-62(70)61(69)60(68)58(54-65)72-63)57(66)52-50-48-46-44-42-40-38-36-34-24-22-20-18-16-14-12-10-8-6-4-2/h5,7,11,13,17,19,23,25,27-28,30-31,33,35,39,41,50,52,56-58,60-63,65-66,68-70H,3-4,6,8-10,12,14-16,18,20-22,24,26,29,32,34,36-38,40,42-49,51,53-55H2,1-2H3,(H,64,67)/b7-5-,13-11-,19-17-,25-23-,28-27-,31-30-,35-33-,41-39-,52-50+. The van der Waals surface area contributed by atoms with Crippen molar-refractivity contribution in [2.24, 2.45) is 0 Å². The highest BCUT2D eigenvalue weighted by Gasteiger charge is 2.44. The minimum Gasteiger partial charge on any atom is -0.394 e. The lowest BCUT2D eigenvalue weighted by molar-refractivity contribution is -0.302. The van der Waals surface area contributed by atoms with Crippen LogP contribution < -0.4 is 5.32 Å². The summed E-state index contributed by atoms with van der Waals surface area (Å²) in [4.78, 5) is 13.1. The van der Waals surface area contributed by atoms with Crippen LogP contribution in [0.4, 0.5) is 0 Å². The molecule has 0 aliphatic carbocycles. The van der Waals surface area contributed by atoms with E-state index in [2.05, 4.69) is 116 Å². The van der Waals surface area contributed by atoms with Gasteiger partial charge in [0.15, 0.2) is 6.29 Å². The van der Waals surface area contributed by atoms with Gasteiger partial charge in [0.25, 0.3) is 0 Å². The fraction of sp³-hybridized carbons (Fsp3) is 0.698. The van der Waals surface area contributed by atoms with Gasteiger partial charge in [0.1, 0.15) is 24.4 Å². The number of ether oxygens (including phenoxy) is 2. The Labute approximate surface area is 440 Å². The van der Waals surface area contributed by atoms with Crippen LogP contribution in [0.3, 0.4) is 0 Å². The van der Waals surface area contributed by atoms with Gasteiger partial charge in [-0.25, -0.2) is 0 Å². The average molecular weight is 1010 g/mol.